The number of carbonyl (C=O) groups is 2. The minimum absolute atomic E-state index is 0.0932. The third-order valence-corrected chi connectivity index (χ3v) is 5.87. The normalized spacial score (nSPS) is 18.9. The topological polar surface area (TPSA) is 62.3 Å². The average Bonchev–Trinajstić information content (AvgIpc) is 3.13. The molecule has 5 nitrogen and oxygen atoms in total. The predicted octanol–water partition coefficient (Wildman–Crippen LogP) is 3.79. The van der Waals surface area contributed by atoms with Crippen LogP contribution in [0, 0.1) is 11.8 Å². The maximum atomic E-state index is 12.5. The van der Waals surface area contributed by atoms with Crippen molar-refractivity contribution in [3.63, 3.8) is 0 Å². The smallest absolute Gasteiger partial charge is 0.222 e. The number of piperidine rings is 1. The SMILES string of the molecule is CC(=O)Nc1cc(CCC2CCN(C(=O)CC3CCCC3)CC2)ccn1. The van der Waals surface area contributed by atoms with Crippen LogP contribution in [-0.2, 0) is 16.0 Å². The van der Waals surface area contributed by atoms with Crippen LogP contribution in [0.25, 0.3) is 0 Å². The molecule has 0 atom stereocenters. The van der Waals surface area contributed by atoms with Gasteiger partial charge in [0.25, 0.3) is 0 Å². The van der Waals surface area contributed by atoms with Crippen LogP contribution >= 0.6 is 0 Å². The van der Waals surface area contributed by atoms with Crippen LogP contribution in [0.3, 0.4) is 0 Å². The van der Waals surface area contributed by atoms with E-state index in [-0.39, 0.29) is 5.91 Å². The molecule has 3 rings (SSSR count). The fourth-order valence-electron chi connectivity index (χ4n) is 4.31. The molecule has 1 saturated heterocycles. The van der Waals surface area contributed by atoms with E-state index in [0.717, 1.165) is 45.2 Å². The number of hydrogen-bond acceptors (Lipinski definition) is 3. The molecule has 5 heteroatoms. The standard InChI is InChI=1S/C21H31N3O2/c1-16(25)23-20-14-19(8-11-22-20)7-6-17-9-12-24(13-10-17)21(26)15-18-4-2-3-5-18/h8,11,14,17-18H,2-7,9-10,12-13,15H2,1H3,(H,22,23,25). The molecule has 0 spiro atoms. The molecule has 1 aliphatic carbocycles. The Labute approximate surface area is 156 Å². The molecule has 2 amide bonds. The van der Waals surface area contributed by atoms with Gasteiger partial charge in [-0.15, -0.1) is 0 Å². The van der Waals surface area contributed by atoms with Gasteiger partial charge in [0.15, 0.2) is 0 Å². The van der Waals surface area contributed by atoms with E-state index in [1.165, 1.54) is 38.2 Å². The second-order valence-corrected chi connectivity index (χ2v) is 7.95. The monoisotopic (exact) mass is 357 g/mol. The molecule has 142 valence electrons. The Morgan fingerprint density at radius 1 is 1.15 bits per heavy atom. The number of rotatable bonds is 6. The minimum Gasteiger partial charge on any atom is -0.343 e. The Balaban J connectivity index is 1.40. The van der Waals surface area contributed by atoms with Gasteiger partial charge in [0.05, 0.1) is 0 Å². The molecule has 26 heavy (non-hydrogen) atoms. The van der Waals surface area contributed by atoms with Crippen molar-refractivity contribution in [3.8, 4) is 0 Å². The lowest BCUT2D eigenvalue weighted by molar-refractivity contribution is -0.133. The third-order valence-electron chi connectivity index (χ3n) is 5.87. The van der Waals surface area contributed by atoms with Crippen molar-refractivity contribution in [2.45, 2.75) is 64.7 Å². The summed E-state index contributed by atoms with van der Waals surface area (Å²) in [6, 6.07) is 3.98. The van der Waals surface area contributed by atoms with Gasteiger partial charge >= 0.3 is 0 Å². The summed E-state index contributed by atoms with van der Waals surface area (Å²) in [7, 11) is 0. The summed E-state index contributed by atoms with van der Waals surface area (Å²) in [4.78, 5) is 29.9. The van der Waals surface area contributed by atoms with E-state index >= 15 is 0 Å². The number of carbonyl (C=O) groups excluding carboxylic acids is 2. The third kappa shape index (κ3) is 5.55. The van der Waals surface area contributed by atoms with Gasteiger partial charge in [0.2, 0.25) is 11.8 Å². The van der Waals surface area contributed by atoms with Crippen LogP contribution in [0.2, 0.25) is 0 Å². The van der Waals surface area contributed by atoms with Gasteiger partial charge in [-0.1, -0.05) is 12.8 Å². The van der Waals surface area contributed by atoms with Gasteiger partial charge < -0.3 is 10.2 Å². The summed E-state index contributed by atoms with van der Waals surface area (Å²) in [6.07, 6.45) is 12.0. The number of likely N-dealkylation sites (tertiary alicyclic amines) is 1. The Kier molecular flexibility index (Phi) is 6.64. The van der Waals surface area contributed by atoms with Crippen molar-refractivity contribution in [1.29, 1.82) is 0 Å². The van der Waals surface area contributed by atoms with Crippen molar-refractivity contribution in [1.82, 2.24) is 9.88 Å². The number of pyridine rings is 1. The number of aryl methyl sites for hydroxylation is 1. The molecule has 0 unspecified atom stereocenters. The molecule has 1 saturated carbocycles. The molecule has 2 aliphatic rings. The average molecular weight is 357 g/mol. The van der Waals surface area contributed by atoms with Gasteiger partial charge in [-0.3, -0.25) is 9.59 Å². The van der Waals surface area contributed by atoms with Gasteiger partial charge in [0, 0.05) is 32.6 Å². The first-order valence-corrected chi connectivity index (χ1v) is 10.1. The zero-order valence-electron chi connectivity index (χ0n) is 15.9. The first-order chi connectivity index (χ1) is 12.6. The first-order valence-electron chi connectivity index (χ1n) is 10.1. The lowest BCUT2D eigenvalue weighted by atomic mass is 9.90. The Morgan fingerprint density at radius 3 is 2.58 bits per heavy atom. The number of amides is 2. The summed E-state index contributed by atoms with van der Waals surface area (Å²) < 4.78 is 0. The highest BCUT2D eigenvalue weighted by molar-refractivity contribution is 5.87. The molecule has 1 aromatic heterocycles. The van der Waals surface area contributed by atoms with Crippen molar-refractivity contribution in [3.05, 3.63) is 23.9 Å². The summed E-state index contributed by atoms with van der Waals surface area (Å²) >= 11 is 0. The number of hydrogen-bond donors (Lipinski definition) is 1. The van der Waals surface area contributed by atoms with E-state index in [4.69, 9.17) is 0 Å². The molecule has 1 aromatic rings. The van der Waals surface area contributed by atoms with E-state index in [1.807, 2.05) is 12.1 Å². The number of anilines is 1. The van der Waals surface area contributed by atoms with Crippen LogP contribution < -0.4 is 5.32 Å². The Bertz CT molecular complexity index is 617. The van der Waals surface area contributed by atoms with Crippen LogP contribution in [-0.4, -0.2) is 34.8 Å². The Morgan fingerprint density at radius 2 is 1.88 bits per heavy atom. The molecule has 0 radical (unpaired) electrons. The van der Waals surface area contributed by atoms with Gasteiger partial charge in [-0.2, -0.15) is 0 Å². The maximum absolute atomic E-state index is 12.5. The van der Waals surface area contributed by atoms with Crippen molar-refractivity contribution in [2.24, 2.45) is 11.8 Å². The lowest BCUT2D eigenvalue weighted by Crippen LogP contribution is -2.39. The molecule has 0 aromatic carbocycles. The van der Waals surface area contributed by atoms with Crippen LogP contribution in [0.4, 0.5) is 5.82 Å². The minimum atomic E-state index is -0.0932. The number of nitrogens with zero attached hydrogens (tertiary/aromatic N) is 2. The van der Waals surface area contributed by atoms with Gasteiger partial charge in [-0.25, -0.2) is 4.98 Å². The van der Waals surface area contributed by atoms with E-state index in [2.05, 4.69) is 15.2 Å². The van der Waals surface area contributed by atoms with E-state index in [0.29, 0.717) is 23.6 Å². The molecular weight excluding hydrogens is 326 g/mol. The first kappa shape index (κ1) is 18.9. The molecule has 1 N–H and O–H groups in total. The van der Waals surface area contributed by atoms with Crippen LogP contribution in [0.5, 0.6) is 0 Å². The maximum Gasteiger partial charge on any atom is 0.222 e. The van der Waals surface area contributed by atoms with E-state index in [1.54, 1.807) is 6.20 Å². The van der Waals surface area contributed by atoms with Gasteiger partial charge in [-0.05, 0) is 68.1 Å². The molecule has 2 heterocycles. The number of nitrogens with one attached hydrogen (secondary N) is 1. The Hall–Kier alpha value is -1.91. The molecule has 0 bridgehead atoms. The highest BCUT2D eigenvalue weighted by Crippen LogP contribution is 2.29. The molecule has 1 aliphatic heterocycles. The quantitative estimate of drug-likeness (QED) is 0.842. The summed E-state index contributed by atoms with van der Waals surface area (Å²) in [5, 5.41) is 2.74. The summed E-state index contributed by atoms with van der Waals surface area (Å²) in [5.74, 6) is 2.24. The largest absolute Gasteiger partial charge is 0.343 e. The highest BCUT2D eigenvalue weighted by Gasteiger charge is 2.25. The molecular formula is C21H31N3O2. The zero-order valence-corrected chi connectivity index (χ0v) is 15.9. The zero-order chi connectivity index (χ0) is 18.4. The number of aromatic nitrogens is 1. The second kappa shape index (κ2) is 9.15. The van der Waals surface area contributed by atoms with Crippen molar-refractivity contribution < 1.29 is 9.59 Å². The summed E-state index contributed by atoms with van der Waals surface area (Å²) in [6.45, 7) is 3.34. The lowest BCUT2D eigenvalue weighted by Gasteiger charge is -2.32. The van der Waals surface area contributed by atoms with Crippen LogP contribution in [0.15, 0.2) is 18.3 Å². The fraction of sp³-hybridized carbons (Fsp3) is 0.667. The highest BCUT2D eigenvalue weighted by atomic mass is 16.2. The fourth-order valence-corrected chi connectivity index (χ4v) is 4.31. The second-order valence-electron chi connectivity index (χ2n) is 7.95. The predicted molar refractivity (Wildman–Crippen MR) is 103 cm³/mol. The van der Waals surface area contributed by atoms with E-state index < -0.39 is 0 Å². The molecule has 2 fully saturated rings. The van der Waals surface area contributed by atoms with E-state index in [9.17, 15) is 9.59 Å². The van der Waals surface area contributed by atoms with Crippen molar-refractivity contribution >= 4 is 17.6 Å². The van der Waals surface area contributed by atoms with Crippen LogP contribution in [0.1, 0.15) is 63.9 Å². The van der Waals surface area contributed by atoms with Crippen molar-refractivity contribution in [2.75, 3.05) is 18.4 Å². The van der Waals surface area contributed by atoms with Gasteiger partial charge in [0.1, 0.15) is 5.82 Å². The summed E-state index contributed by atoms with van der Waals surface area (Å²) in [5.41, 5.74) is 1.21.